The van der Waals surface area contributed by atoms with Crippen LogP contribution in [0.25, 0.3) is 10.4 Å². The number of carbonyl (C=O) groups is 1. The third-order valence-corrected chi connectivity index (χ3v) is 4.34. The Morgan fingerprint density at radius 3 is 2.64 bits per heavy atom. The van der Waals surface area contributed by atoms with Crippen molar-refractivity contribution in [3.05, 3.63) is 28.5 Å². The Morgan fingerprint density at radius 1 is 1.40 bits per heavy atom. The lowest BCUT2D eigenvalue weighted by Crippen LogP contribution is -2.26. The first-order chi connectivity index (χ1) is 11.6. The lowest BCUT2D eigenvalue weighted by molar-refractivity contribution is 0.0525. The van der Waals surface area contributed by atoms with Gasteiger partial charge in [-0.15, -0.1) is 11.3 Å². The number of nitrogens with one attached hydrogen (secondary N) is 1. The molecule has 2 aromatic heterocycles. The average Bonchev–Trinajstić information content (AvgIpc) is 2.87. The molecule has 0 aromatic carbocycles. The minimum atomic E-state index is -2.67. The van der Waals surface area contributed by atoms with Gasteiger partial charge in [0.2, 0.25) is 5.01 Å². The van der Waals surface area contributed by atoms with E-state index in [1.165, 1.54) is 12.3 Å². The smallest absolute Gasteiger partial charge is 0.367 e. The van der Waals surface area contributed by atoms with Gasteiger partial charge in [-0.05, 0) is 40.7 Å². The zero-order valence-electron chi connectivity index (χ0n) is 14.8. The summed E-state index contributed by atoms with van der Waals surface area (Å²) >= 11 is 1.03. The van der Waals surface area contributed by atoms with Crippen LogP contribution in [0.2, 0.25) is 0 Å². The van der Waals surface area contributed by atoms with Gasteiger partial charge in [0.05, 0.1) is 17.2 Å². The van der Waals surface area contributed by atoms with Crippen LogP contribution >= 0.6 is 11.3 Å². The maximum atomic E-state index is 13.6. The van der Waals surface area contributed by atoms with E-state index in [0.717, 1.165) is 11.3 Å². The van der Waals surface area contributed by atoms with Gasteiger partial charge in [0.1, 0.15) is 5.82 Å². The molecule has 5 nitrogen and oxygen atoms in total. The molecule has 0 unspecified atom stereocenters. The van der Waals surface area contributed by atoms with Gasteiger partial charge in [-0.3, -0.25) is 0 Å². The Hall–Kier alpha value is -2.09. The zero-order chi connectivity index (χ0) is 18.8. The van der Waals surface area contributed by atoms with Crippen LogP contribution in [0.1, 0.15) is 55.2 Å². The number of alkyl halides is 2. The van der Waals surface area contributed by atoms with Crippen molar-refractivity contribution in [2.24, 2.45) is 0 Å². The van der Waals surface area contributed by atoms with Crippen LogP contribution in [0, 0.1) is 6.92 Å². The van der Waals surface area contributed by atoms with Gasteiger partial charge in [-0.25, -0.2) is 23.5 Å². The van der Waals surface area contributed by atoms with Crippen LogP contribution in [-0.4, -0.2) is 28.1 Å². The summed E-state index contributed by atoms with van der Waals surface area (Å²) in [4.78, 5) is 20.7. The van der Waals surface area contributed by atoms with Gasteiger partial charge in [0.25, 0.3) is 6.43 Å². The number of nitrogens with zero attached hydrogens (tertiary/aromatic N) is 2. The van der Waals surface area contributed by atoms with Gasteiger partial charge in [0.15, 0.2) is 0 Å². The van der Waals surface area contributed by atoms with Crippen molar-refractivity contribution in [3.63, 3.8) is 0 Å². The molecule has 0 amide bonds. The molecule has 8 heteroatoms. The minimum Gasteiger partial charge on any atom is -0.461 e. The molecular formula is C17H21F2N3O2S. The molecule has 136 valence electrons. The van der Waals surface area contributed by atoms with Crippen LogP contribution in [0.4, 0.5) is 14.6 Å². The fourth-order valence-corrected chi connectivity index (χ4v) is 3.21. The summed E-state index contributed by atoms with van der Waals surface area (Å²) in [6.07, 6.45) is -1.28. The standard InChI is InChI=1S/C17H21F2N3O2S/c1-6-24-16(23)15-21-9(2)13(25-15)11-8-20-12(22-17(3,4)5)7-10(11)14(18)19/h7-8,14H,6H2,1-5H3,(H,20,22). The predicted octanol–water partition coefficient (Wildman–Crippen LogP) is 4.84. The van der Waals surface area contributed by atoms with Gasteiger partial charge < -0.3 is 10.1 Å². The van der Waals surface area contributed by atoms with Crippen LogP contribution < -0.4 is 5.32 Å². The summed E-state index contributed by atoms with van der Waals surface area (Å²) in [5.74, 6) is -0.182. The number of aromatic nitrogens is 2. The Kier molecular flexibility index (Phi) is 5.72. The topological polar surface area (TPSA) is 64.1 Å². The Balaban J connectivity index is 2.47. The molecule has 0 bridgehead atoms. The number of carbonyl (C=O) groups excluding carboxylic acids is 1. The van der Waals surface area contributed by atoms with Crippen molar-refractivity contribution in [2.45, 2.75) is 46.6 Å². The lowest BCUT2D eigenvalue weighted by Gasteiger charge is -2.22. The van der Waals surface area contributed by atoms with E-state index in [1.54, 1.807) is 13.8 Å². The number of aryl methyl sites for hydroxylation is 1. The number of hydrogen-bond acceptors (Lipinski definition) is 6. The highest BCUT2D eigenvalue weighted by atomic mass is 32.1. The molecule has 0 atom stereocenters. The summed E-state index contributed by atoms with van der Waals surface area (Å²) in [6, 6.07) is 1.34. The number of thiazole rings is 1. The molecular weight excluding hydrogens is 348 g/mol. The normalized spacial score (nSPS) is 11.7. The van der Waals surface area contributed by atoms with Gasteiger partial charge in [-0.1, -0.05) is 0 Å². The fraction of sp³-hybridized carbons (Fsp3) is 0.471. The second-order valence-electron chi connectivity index (χ2n) is 6.49. The third kappa shape index (κ3) is 4.72. The molecule has 25 heavy (non-hydrogen) atoms. The molecule has 0 saturated carbocycles. The van der Waals surface area contributed by atoms with Crippen LogP contribution in [-0.2, 0) is 4.74 Å². The van der Waals surface area contributed by atoms with Crippen molar-refractivity contribution >= 4 is 23.1 Å². The van der Waals surface area contributed by atoms with Crippen molar-refractivity contribution in [3.8, 4) is 10.4 Å². The van der Waals surface area contributed by atoms with Gasteiger partial charge in [-0.2, -0.15) is 0 Å². The maximum absolute atomic E-state index is 13.6. The monoisotopic (exact) mass is 369 g/mol. The summed E-state index contributed by atoms with van der Waals surface area (Å²) in [6.45, 7) is 9.35. The third-order valence-electron chi connectivity index (χ3n) is 3.17. The molecule has 2 heterocycles. The van der Waals surface area contributed by atoms with E-state index in [4.69, 9.17) is 4.74 Å². The number of ether oxygens (including phenoxy) is 1. The molecule has 0 saturated heterocycles. The summed E-state index contributed by atoms with van der Waals surface area (Å²) in [7, 11) is 0. The SMILES string of the molecule is CCOC(=O)c1nc(C)c(-c2cnc(NC(C)(C)C)cc2C(F)F)s1. The van der Waals surface area contributed by atoms with E-state index in [-0.39, 0.29) is 28.3 Å². The van der Waals surface area contributed by atoms with E-state index in [9.17, 15) is 13.6 Å². The Labute approximate surface area is 149 Å². The highest BCUT2D eigenvalue weighted by Gasteiger charge is 2.23. The number of rotatable bonds is 5. The van der Waals surface area contributed by atoms with E-state index >= 15 is 0 Å². The molecule has 0 fully saturated rings. The van der Waals surface area contributed by atoms with Crippen LogP contribution in [0.3, 0.4) is 0 Å². The Morgan fingerprint density at radius 2 is 2.08 bits per heavy atom. The van der Waals surface area contributed by atoms with Crippen molar-refractivity contribution in [1.29, 1.82) is 0 Å². The number of pyridine rings is 1. The summed E-state index contributed by atoms with van der Waals surface area (Å²) in [5.41, 5.74) is 0.322. The second kappa shape index (κ2) is 7.43. The number of halogens is 2. The van der Waals surface area contributed by atoms with Crippen molar-refractivity contribution < 1.29 is 18.3 Å². The van der Waals surface area contributed by atoms with Crippen molar-refractivity contribution in [2.75, 3.05) is 11.9 Å². The van der Waals surface area contributed by atoms with E-state index in [0.29, 0.717) is 16.4 Å². The number of anilines is 1. The summed E-state index contributed by atoms with van der Waals surface area (Å²) in [5, 5.41) is 3.22. The molecule has 0 aliphatic carbocycles. The molecule has 0 spiro atoms. The van der Waals surface area contributed by atoms with Gasteiger partial charge >= 0.3 is 5.97 Å². The first-order valence-corrected chi connectivity index (χ1v) is 8.65. The largest absolute Gasteiger partial charge is 0.461 e. The van der Waals surface area contributed by atoms with E-state index in [2.05, 4.69) is 15.3 Å². The lowest BCUT2D eigenvalue weighted by atomic mass is 10.1. The van der Waals surface area contributed by atoms with E-state index in [1.807, 2.05) is 20.8 Å². The predicted molar refractivity (Wildman–Crippen MR) is 94.4 cm³/mol. The molecule has 0 radical (unpaired) electrons. The number of hydrogen-bond donors (Lipinski definition) is 1. The summed E-state index contributed by atoms with van der Waals surface area (Å²) < 4.78 is 32.1. The van der Waals surface area contributed by atoms with Crippen LogP contribution in [0.5, 0.6) is 0 Å². The molecule has 0 aliphatic rings. The quantitative estimate of drug-likeness (QED) is 0.764. The zero-order valence-corrected chi connectivity index (χ0v) is 15.6. The minimum absolute atomic E-state index is 0.145. The fourth-order valence-electron chi connectivity index (χ4n) is 2.22. The van der Waals surface area contributed by atoms with Gasteiger partial charge in [0, 0.05) is 22.9 Å². The average molecular weight is 369 g/mol. The van der Waals surface area contributed by atoms with Crippen LogP contribution in [0.15, 0.2) is 12.3 Å². The highest BCUT2D eigenvalue weighted by Crippen LogP contribution is 2.37. The maximum Gasteiger partial charge on any atom is 0.367 e. The number of esters is 1. The Bertz CT molecular complexity index is 770. The van der Waals surface area contributed by atoms with Crippen molar-refractivity contribution in [1.82, 2.24) is 9.97 Å². The van der Waals surface area contributed by atoms with E-state index < -0.39 is 12.4 Å². The second-order valence-corrected chi connectivity index (χ2v) is 7.49. The molecule has 1 N–H and O–H groups in total. The molecule has 2 aromatic rings. The molecule has 2 rings (SSSR count). The first kappa shape index (κ1) is 19.2. The highest BCUT2D eigenvalue weighted by molar-refractivity contribution is 7.17. The first-order valence-electron chi connectivity index (χ1n) is 7.83. The molecule has 0 aliphatic heterocycles.